The van der Waals surface area contributed by atoms with E-state index in [1.165, 1.54) is 66.1 Å². The molecular formula is C44H27BN2O. The molecule has 8 aromatic rings. The van der Waals surface area contributed by atoms with Crippen LogP contribution in [0.2, 0.25) is 0 Å². The van der Waals surface area contributed by atoms with Crippen LogP contribution in [0.3, 0.4) is 0 Å². The minimum atomic E-state index is -0.0732. The summed E-state index contributed by atoms with van der Waals surface area (Å²) in [6, 6.07) is 59.5. The molecule has 3 nitrogen and oxygen atoms in total. The highest BCUT2D eigenvalue weighted by atomic mass is 16.5. The van der Waals surface area contributed by atoms with Gasteiger partial charge in [-0.2, -0.15) is 0 Å². The molecule has 0 atom stereocenters. The quantitative estimate of drug-likeness (QED) is 0.181. The van der Waals surface area contributed by atoms with Crippen LogP contribution in [0.4, 0.5) is 28.4 Å². The summed E-state index contributed by atoms with van der Waals surface area (Å²) in [5, 5.41) is 4.94. The fourth-order valence-electron chi connectivity index (χ4n) is 8.31. The molecule has 0 spiro atoms. The van der Waals surface area contributed by atoms with Gasteiger partial charge >= 0.3 is 6.85 Å². The highest BCUT2D eigenvalue weighted by molar-refractivity contribution is 6.94. The van der Waals surface area contributed by atoms with E-state index in [-0.39, 0.29) is 6.85 Å². The van der Waals surface area contributed by atoms with Crippen molar-refractivity contribution in [1.29, 1.82) is 0 Å². The van der Waals surface area contributed by atoms with E-state index in [1.807, 2.05) is 0 Å². The molecule has 0 bridgehead atoms. The van der Waals surface area contributed by atoms with Crippen LogP contribution in [-0.4, -0.2) is 6.85 Å². The van der Waals surface area contributed by atoms with Crippen molar-refractivity contribution in [2.45, 2.75) is 0 Å². The molecule has 3 aliphatic rings. The van der Waals surface area contributed by atoms with Gasteiger partial charge in [-0.1, -0.05) is 115 Å². The van der Waals surface area contributed by atoms with Crippen molar-refractivity contribution in [3.05, 3.63) is 164 Å². The molecular weight excluding hydrogens is 583 g/mol. The summed E-state index contributed by atoms with van der Waals surface area (Å²) < 4.78 is 6.67. The Hall–Kier alpha value is -6.26. The molecule has 0 amide bonds. The Morgan fingerprint density at radius 2 is 1.12 bits per heavy atom. The molecule has 48 heavy (non-hydrogen) atoms. The Morgan fingerprint density at radius 3 is 1.98 bits per heavy atom. The minimum Gasteiger partial charge on any atom is -0.453 e. The third kappa shape index (κ3) is 3.49. The zero-order chi connectivity index (χ0) is 31.3. The van der Waals surface area contributed by atoms with Crippen LogP contribution in [0.15, 0.2) is 164 Å². The van der Waals surface area contributed by atoms with E-state index in [2.05, 4.69) is 174 Å². The largest absolute Gasteiger partial charge is 0.453 e. The minimum absolute atomic E-state index is 0.0732. The van der Waals surface area contributed by atoms with E-state index in [0.717, 1.165) is 28.6 Å². The maximum Gasteiger partial charge on any atom is 0.333 e. The predicted octanol–water partition coefficient (Wildman–Crippen LogP) is 10.5. The van der Waals surface area contributed by atoms with Crippen LogP contribution < -0.4 is 25.4 Å². The number of para-hydroxylation sites is 3. The van der Waals surface area contributed by atoms with Crippen molar-refractivity contribution in [2.75, 3.05) is 9.71 Å². The van der Waals surface area contributed by atoms with Crippen LogP contribution in [0.1, 0.15) is 0 Å². The molecule has 0 unspecified atom stereocenters. The smallest absolute Gasteiger partial charge is 0.333 e. The number of ether oxygens (including phenoxy) is 1. The molecule has 0 aliphatic carbocycles. The molecule has 3 aliphatic heterocycles. The van der Waals surface area contributed by atoms with Crippen molar-refractivity contribution in [3.8, 4) is 33.8 Å². The van der Waals surface area contributed by atoms with Crippen LogP contribution in [0.25, 0.3) is 43.8 Å². The maximum absolute atomic E-state index is 6.67. The van der Waals surface area contributed by atoms with Gasteiger partial charge in [0.1, 0.15) is 0 Å². The van der Waals surface area contributed by atoms with Gasteiger partial charge in [-0.3, -0.25) is 0 Å². The SMILES string of the molecule is c1ccc(-c2ccc(N3B4c5cccc6c5N(c5ccccc5O6)c5c4c(cc4ccccc54)-c4cc5ccccc5cc43)cc2)cc1. The van der Waals surface area contributed by atoms with Crippen molar-refractivity contribution >= 4 is 67.8 Å². The standard InChI is InChI=1S/C44H27BN2O/c1-2-11-28(12-3-1)29-21-23-33(24-22-29)47-39-27-31-14-5-4-13-30(31)25-35(39)36-26-32-15-6-7-16-34(32)43-42(36)45(47)37-17-10-20-41-44(37)46(43)38-18-8-9-19-40(38)48-41/h1-27H. The topological polar surface area (TPSA) is 15.7 Å². The number of hydrogen-bond donors (Lipinski definition) is 0. The van der Waals surface area contributed by atoms with Crippen LogP contribution in [0, 0.1) is 0 Å². The average Bonchev–Trinajstić information content (AvgIpc) is 3.15. The zero-order valence-electron chi connectivity index (χ0n) is 26.0. The first-order chi connectivity index (χ1) is 23.8. The molecule has 0 saturated carbocycles. The third-order valence-corrected chi connectivity index (χ3v) is 10.4. The second-order valence-corrected chi connectivity index (χ2v) is 12.9. The molecule has 0 saturated heterocycles. The highest BCUT2D eigenvalue weighted by Crippen LogP contribution is 2.55. The first-order valence-corrected chi connectivity index (χ1v) is 16.6. The Kier molecular flexibility index (Phi) is 5.19. The second kappa shape index (κ2) is 9.63. The summed E-state index contributed by atoms with van der Waals surface area (Å²) in [4.78, 5) is 5.05. The van der Waals surface area contributed by atoms with Crippen molar-refractivity contribution < 1.29 is 4.74 Å². The lowest BCUT2D eigenvalue weighted by atomic mass is 9.43. The molecule has 3 heterocycles. The lowest BCUT2D eigenvalue weighted by Crippen LogP contribution is -2.61. The predicted molar refractivity (Wildman–Crippen MR) is 201 cm³/mol. The van der Waals surface area contributed by atoms with E-state index < -0.39 is 0 Å². The van der Waals surface area contributed by atoms with Crippen LogP contribution in [0.5, 0.6) is 11.5 Å². The van der Waals surface area contributed by atoms with Gasteiger partial charge in [0.05, 0.1) is 17.1 Å². The zero-order valence-corrected chi connectivity index (χ0v) is 26.0. The summed E-state index contributed by atoms with van der Waals surface area (Å²) >= 11 is 0. The normalized spacial score (nSPS) is 13.5. The maximum atomic E-state index is 6.67. The Labute approximate surface area is 279 Å². The van der Waals surface area contributed by atoms with Crippen molar-refractivity contribution in [1.82, 2.24) is 0 Å². The van der Waals surface area contributed by atoms with Gasteiger partial charge in [0.2, 0.25) is 0 Å². The summed E-state index contributed by atoms with van der Waals surface area (Å²) in [7, 11) is 0. The van der Waals surface area contributed by atoms with Gasteiger partial charge in [0, 0.05) is 22.3 Å². The van der Waals surface area contributed by atoms with E-state index in [1.54, 1.807) is 0 Å². The van der Waals surface area contributed by atoms with Gasteiger partial charge in [-0.15, -0.1) is 0 Å². The molecule has 11 rings (SSSR count). The number of nitrogens with zero attached hydrogens (tertiary/aromatic N) is 2. The number of benzene rings is 8. The Morgan fingerprint density at radius 1 is 0.458 bits per heavy atom. The summed E-state index contributed by atoms with van der Waals surface area (Å²) in [6.45, 7) is -0.0732. The van der Waals surface area contributed by atoms with E-state index in [4.69, 9.17) is 4.74 Å². The van der Waals surface area contributed by atoms with E-state index >= 15 is 0 Å². The summed E-state index contributed by atoms with van der Waals surface area (Å²) in [5.74, 6) is 1.76. The van der Waals surface area contributed by atoms with Crippen molar-refractivity contribution in [2.24, 2.45) is 0 Å². The fraction of sp³-hybridized carbons (Fsp3) is 0. The molecule has 8 aromatic carbocycles. The molecule has 0 radical (unpaired) electrons. The van der Waals surface area contributed by atoms with Gasteiger partial charge in [-0.25, -0.2) is 0 Å². The summed E-state index contributed by atoms with van der Waals surface area (Å²) in [5.41, 5.74) is 13.3. The number of fused-ring (bicyclic) bond motifs is 9. The monoisotopic (exact) mass is 610 g/mol. The number of rotatable bonds is 2. The molecule has 4 heteroatoms. The average molecular weight is 611 g/mol. The van der Waals surface area contributed by atoms with Crippen LogP contribution >= 0.6 is 0 Å². The lowest BCUT2D eigenvalue weighted by Gasteiger charge is -2.47. The lowest BCUT2D eigenvalue weighted by molar-refractivity contribution is 0.477. The highest BCUT2D eigenvalue weighted by Gasteiger charge is 2.48. The Bertz CT molecular complexity index is 2610. The van der Waals surface area contributed by atoms with Crippen molar-refractivity contribution in [3.63, 3.8) is 0 Å². The molecule has 0 aromatic heterocycles. The van der Waals surface area contributed by atoms with E-state index in [0.29, 0.717) is 0 Å². The molecule has 0 N–H and O–H groups in total. The number of anilines is 5. The van der Waals surface area contributed by atoms with Gasteiger partial charge in [-0.05, 0) is 92.3 Å². The molecule has 222 valence electrons. The third-order valence-electron chi connectivity index (χ3n) is 10.4. The fourth-order valence-corrected chi connectivity index (χ4v) is 8.31. The summed E-state index contributed by atoms with van der Waals surface area (Å²) in [6.07, 6.45) is 0. The van der Waals surface area contributed by atoms with E-state index in [9.17, 15) is 0 Å². The van der Waals surface area contributed by atoms with Gasteiger partial charge in [0.15, 0.2) is 11.5 Å². The van der Waals surface area contributed by atoms with Crippen LogP contribution in [-0.2, 0) is 0 Å². The first-order valence-electron chi connectivity index (χ1n) is 16.6. The first kappa shape index (κ1) is 25.9. The van der Waals surface area contributed by atoms with Gasteiger partial charge in [0.25, 0.3) is 0 Å². The van der Waals surface area contributed by atoms with Gasteiger partial charge < -0.3 is 14.4 Å². The molecule has 0 fully saturated rings. The Balaban J connectivity index is 1.27. The second-order valence-electron chi connectivity index (χ2n) is 12.9. The number of hydrogen-bond acceptors (Lipinski definition) is 3.